The molecule has 2 aromatic heterocycles. The molecule has 30 heavy (non-hydrogen) atoms. The topological polar surface area (TPSA) is 51.1 Å². The maximum atomic E-state index is 5.90. The van der Waals surface area contributed by atoms with Gasteiger partial charge in [-0.05, 0) is 41.8 Å². The number of hydrogen-bond acceptors (Lipinski definition) is 6. The summed E-state index contributed by atoms with van der Waals surface area (Å²) >= 11 is 1.62. The second-order valence-electron chi connectivity index (χ2n) is 6.96. The average molecular weight is 417 g/mol. The van der Waals surface area contributed by atoms with Crippen LogP contribution in [0.4, 0.5) is 5.95 Å². The number of nitrogens with zero attached hydrogens (tertiary/aromatic N) is 4. The van der Waals surface area contributed by atoms with Crippen LogP contribution in [0.3, 0.4) is 0 Å². The molecule has 4 aromatic rings. The number of aryl methyl sites for hydroxylation is 1. The summed E-state index contributed by atoms with van der Waals surface area (Å²) in [5.41, 5.74) is 5.29. The van der Waals surface area contributed by atoms with Crippen molar-refractivity contribution in [3.8, 4) is 11.5 Å². The number of ether oxygens (including phenoxy) is 1. The maximum absolute atomic E-state index is 5.90. The molecule has 0 unspecified atom stereocenters. The van der Waals surface area contributed by atoms with Crippen LogP contribution in [0.1, 0.15) is 23.7 Å². The van der Waals surface area contributed by atoms with Gasteiger partial charge in [0.1, 0.15) is 11.5 Å². The van der Waals surface area contributed by atoms with E-state index in [1.807, 2.05) is 60.4 Å². The van der Waals surface area contributed by atoms with E-state index in [0.29, 0.717) is 0 Å². The summed E-state index contributed by atoms with van der Waals surface area (Å²) in [5, 5.41) is 2.09. The first-order valence-corrected chi connectivity index (χ1v) is 11.0. The molecule has 0 N–H and O–H groups in total. The van der Waals surface area contributed by atoms with E-state index in [1.165, 1.54) is 5.56 Å². The number of benzene rings is 2. The molecule has 5 nitrogen and oxygen atoms in total. The van der Waals surface area contributed by atoms with Gasteiger partial charge in [-0.2, -0.15) is 0 Å². The molecular weight excluding hydrogens is 392 g/mol. The molecule has 0 saturated carbocycles. The van der Waals surface area contributed by atoms with E-state index in [-0.39, 0.29) is 0 Å². The Morgan fingerprint density at radius 2 is 1.60 bits per heavy atom. The molecule has 152 valence electrons. The van der Waals surface area contributed by atoms with Crippen molar-refractivity contribution in [2.24, 2.45) is 0 Å². The fraction of sp³-hybridized carbons (Fsp3) is 0.208. The van der Waals surface area contributed by atoms with Gasteiger partial charge in [-0.15, -0.1) is 11.3 Å². The Bertz CT molecular complexity index is 1020. The van der Waals surface area contributed by atoms with Gasteiger partial charge in [-0.25, -0.2) is 15.0 Å². The third-order valence-corrected chi connectivity index (χ3v) is 5.42. The van der Waals surface area contributed by atoms with Crippen molar-refractivity contribution in [3.63, 3.8) is 0 Å². The lowest BCUT2D eigenvalue weighted by atomic mass is 10.2. The van der Waals surface area contributed by atoms with Gasteiger partial charge in [0.05, 0.1) is 11.2 Å². The summed E-state index contributed by atoms with van der Waals surface area (Å²) in [6.45, 7) is 3.64. The van der Waals surface area contributed by atoms with Gasteiger partial charge in [0.2, 0.25) is 5.95 Å². The molecule has 0 aliphatic rings. The van der Waals surface area contributed by atoms with Gasteiger partial charge in [0, 0.05) is 37.3 Å². The van der Waals surface area contributed by atoms with E-state index in [2.05, 4.69) is 44.3 Å². The minimum atomic E-state index is 0.723. The highest BCUT2D eigenvalue weighted by molar-refractivity contribution is 7.07. The van der Waals surface area contributed by atoms with E-state index in [4.69, 9.17) is 4.74 Å². The molecule has 0 atom stereocenters. The molecule has 0 spiro atoms. The van der Waals surface area contributed by atoms with Crippen molar-refractivity contribution in [2.45, 2.75) is 26.3 Å². The monoisotopic (exact) mass is 416 g/mol. The molecule has 0 bridgehead atoms. The highest BCUT2D eigenvalue weighted by atomic mass is 32.1. The number of thiazole rings is 1. The van der Waals surface area contributed by atoms with Crippen LogP contribution in [0, 0.1) is 0 Å². The molecule has 0 radical (unpaired) electrons. The van der Waals surface area contributed by atoms with Gasteiger partial charge in [-0.1, -0.05) is 37.3 Å². The van der Waals surface area contributed by atoms with Gasteiger partial charge in [-0.3, -0.25) is 0 Å². The third kappa shape index (κ3) is 5.42. The highest BCUT2D eigenvalue weighted by Crippen LogP contribution is 2.22. The van der Waals surface area contributed by atoms with Crippen molar-refractivity contribution in [1.29, 1.82) is 0 Å². The Kier molecular flexibility index (Phi) is 6.67. The van der Waals surface area contributed by atoms with Crippen molar-refractivity contribution in [1.82, 2.24) is 15.0 Å². The van der Waals surface area contributed by atoms with Crippen LogP contribution in [0.5, 0.6) is 11.5 Å². The molecular formula is C24H24N4OS. The molecule has 2 heterocycles. The van der Waals surface area contributed by atoms with E-state index in [9.17, 15) is 0 Å². The largest absolute Gasteiger partial charge is 0.457 e. The fourth-order valence-corrected chi connectivity index (χ4v) is 3.65. The zero-order valence-corrected chi connectivity index (χ0v) is 17.8. The smallest absolute Gasteiger partial charge is 0.225 e. The normalized spacial score (nSPS) is 10.7. The SMILES string of the molecule is CCc1cnc(N(CCc2cscn2)Cc2ccc(Oc3ccccc3)cc2)nc1. The number of hydrogen-bond donors (Lipinski definition) is 0. The molecule has 0 aliphatic carbocycles. The number of para-hydroxylation sites is 1. The molecule has 0 aliphatic heterocycles. The minimum absolute atomic E-state index is 0.723. The first-order valence-electron chi connectivity index (χ1n) is 10.0. The predicted molar refractivity (Wildman–Crippen MR) is 121 cm³/mol. The van der Waals surface area contributed by atoms with Crippen LogP contribution in [-0.4, -0.2) is 21.5 Å². The average Bonchev–Trinajstić information content (AvgIpc) is 3.32. The Labute approximate surface area is 181 Å². The quantitative estimate of drug-likeness (QED) is 0.359. The summed E-state index contributed by atoms with van der Waals surface area (Å²) in [5.74, 6) is 2.40. The summed E-state index contributed by atoms with van der Waals surface area (Å²) < 4.78 is 5.90. The van der Waals surface area contributed by atoms with Crippen LogP contribution in [0.15, 0.2) is 77.9 Å². The maximum Gasteiger partial charge on any atom is 0.225 e. The molecule has 4 rings (SSSR count). The van der Waals surface area contributed by atoms with Crippen LogP contribution in [-0.2, 0) is 19.4 Å². The van der Waals surface area contributed by atoms with Crippen LogP contribution in [0.2, 0.25) is 0 Å². The van der Waals surface area contributed by atoms with Crippen LogP contribution in [0.25, 0.3) is 0 Å². The summed E-state index contributed by atoms with van der Waals surface area (Å²) in [6, 6.07) is 18.0. The Balaban J connectivity index is 1.47. The highest BCUT2D eigenvalue weighted by Gasteiger charge is 2.12. The summed E-state index contributed by atoms with van der Waals surface area (Å²) in [7, 11) is 0. The zero-order chi connectivity index (χ0) is 20.6. The van der Waals surface area contributed by atoms with Crippen molar-refractivity contribution in [2.75, 3.05) is 11.4 Å². The lowest BCUT2D eigenvalue weighted by Gasteiger charge is -2.22. The lowest BCUT2D eigenvalue weighted by molar-refractivity contribution is 0.482. The predicted octanol–water partition coefficient (Wildman–Crippen LogP) is 5.54. The Morgan fingerprint density at radius 1 is 0.867 bits per heavy atom. The second-order valence-corrected chi connectivity index (χ2v) is 7.67. The van der Waals surface area contributed by atoms with Crippen molar-refractivity contribution in [3.05, 3.63) is 94.7 Å². The van der Waals surface area contributed by atoms with Gasteiger partial charge < -0.3 is 9.64 Å². The first-order chi connectivity index (χ1) is 14.8. The molecule has 0 fully saturated rings. The molecule has 2 aromatic carbocycles. The van der Waals surface area contributed by atoms with Gasteiger partial charge in [0.25, 0.3) is 0 Å². The Hall–Kier alpha value is -3.25. The first kappa shape index (κ1) is 20.0. The summed E-state index contributed by atoms with van der Waals surface area (Å²) in [6.07, 6.45) is 5.61. The summed E-state index contributed by atoms with van der Waals surface area (Å²) in [4.78, 5) is 15.8. The van der Waals surface area contributed by atoms with Crippen molar-refractivity contribution >= 4 is 17.3 Å². The van der Waals surface area contributed by atoms with Crippen LogP contribution < -0.4 is 9.64 Å². The van der Waals surface area contributed by atoms with E-state index in [1.54, 1.807) is 11.3 Å². The number of aromatic nitrogens is 3. The Morgan fingerprint density at radius 3 is 2.27 bits per heavy atom. The third-order valence-electron chi connectivity index (χ3n) is 4.78. The number of anilines is 1. The molecule has 6 heteroatoms. The van der Waals surface area contributed by atoms with Gasteiger partial charge >= 0.3 is 0 Å². The van der Waals surface area contributed by atoms with E-state index >= 15 is 0 Å². The second kappa shape index (κ2) is 9.98. The standard InChI is InChI=1S/C24H24N4OS/c1-2-19-14-25-24(26-15-19)28(13-12-21-17-30-18-27-21)16-20-8-10-23(11-9-20)29-22-6-4-3-5-7-22/h3-11,14-15,17-18H,2,12-13,16H2,1H3. The fourth-order valence-electron chi connectivity index (χ4n) is 3.06. The lowest BCUT2D eigenvalue weighted by Crippen LogP contribution is -2.27. The van der Waals surface area contributed by atoms with E-state index in [0.717, 1.165) is 54.6 Å². The zero-order valence-electron chi connectivity index (χ0n) is 16.9. The minimum Gasteiger partial charge on any atom is -0.457 e. The van der Waals surface area contributed by atoms with Gasteiger partial charge in [0.15, 0.2) is 0 Å². The van der Waals surface area contributed by atoms with Crippen molar-refractivity contribution < 1.29 is 4.74 Å². The van der Waals surface area contributed by atoms with Crippen LogP contribution >= 0.6 is 11.3 Å². The molecule has 0 saturated heterocycles. The molecule has 0 amide bonds. The van der Waals surface area contributed by atoms with E-state index < -0.39 is 0 Å². The number of rotatable bonds is 9.